The molecule has 1 heterocycles. The molecule has 0 aliphatic rings. The molecule has 0 aromatic carbocycles. The molecule has 0 fully saturated rings. The van der Waals surface area contributed by atoms with Crippen LogP contribution in [0.25, 0.3) is 0 Å². The molecule has 0 aliphatic heterocycles. The maximum Gasteiger partial charge on any atom is 0.308 e. The molecular formula is C10H16N4O3. The Labute approximate surface area is 99.0 Å². The lowest BCUT2D eigenvalue weighted by molar-refractivity contribution is -0.142. The van der Waals surface area contributed by atoms with Crippen molar-refractivity contribution in [2.24, 2.45) is 5.92 Å². The van der Waals surface area contributed by atoms with Gasteiger partial charge in [-0.15, -0.1) is 5.10 Å². The van der Waals surface area contributed by atoms with Crippen molar-refractivity contribution in [1.82, 2.24) is 19.9 Å². The van der Waals surface area contributed by atoms with Gasteiger partial charge in [-0.25, -0.2) is 0 Å². The van der Waals surface area contributed by atoms with E-state index in [-0.39, 0.29) is 18.9 Å². The predicted octanol–water partition coefficient (Wildman–Crippen LogP) is -0.153. The van der Waals surface area contributed by atoms with Crippen molar-refractivity contribution < 1.29 is 14.7 Å². The summed E-state index contributed by atoms with van der Waals surface area (Å²) in [5.41, 5.74) is 0. The van der Waals surface area contributed by atoms with Gasteiger partial charge in [0, 0.05) is 26.2 Å². The van der Waals surface area contributed by atoms with Crippen LogP contribution in [0.1, 0.15) is 13.3 Å². The fourth-order valence-corrected chi connectivity index (χ4v) is 1.34. The number of hydrogen-bond acceptors (Lipinski definition) is 4. The number of aryl methyl sites for hydroxylation is 1. The minimum atomic E-state index is -0.902. The molecule has 1 N–H and O–H groups in total. The van der Waals surface area contributed by atoms with Crippen LogP contribution in [0, 0.1) is 5.92 Å². The fourth-order valence-electron chi connectivity index (χ4n) is 1.34. The van der Waals surface area contributed by atoms with Gasteiger partial charge in [-0.05, 0) is 0 Å². The van der Waals surface area contributed by atoms with E-state index in [4.69, 9.17) is 5.11 Å². The number of carboxylic acid groups (broad SMARTS) is 1. The van der Waals surface area contributed by atoms with Gasteiger partial charge in [0.2, 0.25) is 5.91 Å². The Morgan fingerprint density at radius 3 is 2.76 bits per heavy atom. The Hall–Kier alpha value is -1.92. The third kappa shape index (κ3) is 4.21. The number of rotatable bonds is 6. The van der Waals surface area contributed by atoms with Crippen molar-refractivity contribution in [1.29, 1.82) is 0 Å². The molecule has 1 amide bonds. The molecule has 0 saturated heterocycles. The van der Waals surface area contributed by atoms with Crippen molar-refractivity contribution in [3.8, 4) is 0 Å². The summed E-state index contributed by atoms with van der Waals surface area (Å²) in [6.07, 6.45) is 3.50. The van der Waals surface area contributed by atoms with E-state index in [1.165, 1.54) is 4.90 Å². The first-order valence-electron chi connectivity index (χ1n) is 5.31. The highest BCUT2D eigenvalue weighted by Crippen LogP contribution is 2.01. The van der Waals surface area contributed by atoms with Gasteiger partial charge in [-0.3, -0.25) is 14.3 Å². The number of aromatic nitrogens is 3. The second-order valence-electron chi connectivity index (χ2n) is 3.93. The molecule has 0 radical (unpaired) electrons. The zero-order valence-corrected chi connectivity index (χ0v) is 9.91. The monoisotopic (exact) mass is 240 g/mol. The topological polar surface area (TPSA) is 88.3 Å². The fraction of sp³-hybridized carbons (Fsp3) is 0.600. The summed E-state index contributed by atoms with van der Waals surface area (Å²) in [6.45, 7) is 2.24. The number of hydrogen-bond donors (Lipinski definition) is 1. The lowest BCUT2D eigenvalue weighted by Crippen LogP contribution is -2.34. The van der Waals surface area contributed by atoms with Crippen molar-refractivity contribution >= 4 is 11.9 Å². The highest BCUT2D eigenvalue weighted by molar-refractivity contribution is 5.77. The average molecular weight is 240 g/mol. The van der Waals surface area contributed by atoms with Gasteiger partial charge in [0.15, 0.2) is 0 Å². The molecule has 1 aromatic rings. The first-order valence-corrected chi connectivity index (χ1v) is 5.31. The van der Waals surface area contributed by atoms with Crippen LogP contribution in [0.2, 0.25) is 0 Å². The molecule has 0 bridgehead atoms. The molecular weight excluding hydrogens is 224 g/mol. The van der Waals surface area contributed by atoms with Gasteiger partial charge in [0.05, 0.1) is 18.7 Å². The SMILES string of the molecule is CC(CN(C)C(=O)CCn1ccnn1)C(=O)O. The summed E-state index contributed by atoms with van der Waals surface area (Å²) in [4.78, 5) is 23.7. The summed E-state index contributed by atoms with van der Waals surface area (Å²) in [5.74, 6) is -1.56. The van der Waals surface area contributed by atoms with Gasteiger partial charge in [0.25, 0.3) is 0 Å². The molecule has 17 heavy (non-hydrogen) atoms. The van der Waals surface area contributed by atoms with Crippen LogP contribution >= 0.6 is 0 Å². The molecule has 0 spiro atoms. The molecule has 94 valence electrons. The van der Waals surface area contributed by atoms with Crippen LogP contribution in [-0.2, 0) is 16.1 Å². The predicted molar refractivity (Wildman–Crippen MR) is 59.1 cm³/mol. The number of amides is 1. The van der Waals surface area contributed by atoms with E-state index in [1.807, 2.05) is 0 Å². The van der Waals surface area contributed by atoms with E-state index in [1.54, 1.807) is 31.0 Å². The lowest BCUT2D eigenvalue weighted by Gasteiger charge is -2.19. The highest BCUT2D eigenvalue weighted by Gasteiger charge is 2.17. The number of aliphatic carboxylic acids is 1. The van der Waals surface area contributed by atoms with Crippen molar-refractivity contribution in [3.63, 3.8) is 0 Å². The summed E-state index contributed by atoms with van der Waals surface area (Å²) < 4.78 is 1.56. The minimum Gasteiger partial charge on any atom is -0.481 e. The van der Waals surface area contributed by atoms with Gasteiger partial charge < -0.3 is 10.0 Å². The maximum atomic E-state index is 11.7. The Bertz CT molecular complexity index is 377. The third-order valence-electron chi connectivity index (χ3n) is 2.42. The Morgan fingerprint density at radius 2 is 2.24 bits per heavy atom. The molecule has 0 aliphatic carbocycles. The lowest BCUT2D eigenvalue weighted by atomic mass is 10.1. The normalized spacial score (nSPS) is 12.1. The summed E-state index contributed by atoms with van der Waals surface area (Å²) in [6, 6.07) is 0. The number of carboxylic acids is 1. The third-order valence-corrected chi connectivity index (χ3v) is 2.42. The standard InChI is InChI=1S/C10H16N4O3/c1-8(10(16)17)7-13(2)9(15)3-5-14-6-4-11-12-14/h4,6,8H,3,5,7H2,1-2H3,(H,16,17). The minimum absolute atomic E-state index is 0.103. The largest absolute Gasteiger partial charge is 0.481 e. The number of nitrogens with zero attached hydrogens (tertiary/aromatic N) is 4. The average Bonchev–Trinajstić information content (AvgIpc) is 2.78. The van der Waals surface area contributed by atoms with Gasteiger partial charge in [-0.1, -0.05) is 12.1 Å². The van der Waals surface area contributed by atoms with Crippen LogP contribution in [-0.4, -0.2) is 50.5 Å². The zero-order chi connectivity index (χ0) is 12.8. The number of carbonyl (C=O) groups excluding carboxylic acids is 1. The van der Waals surface area contributed by atoms with Gasteiger partial charge in [-0.2, -0.15) is 0 Å². The van der Waals surface area contributed by atoms with Gasteiger partial charge >= 0.3 is 5.97 Å². The summed E-state index contributed by atoms with van der Waals surface area (Å²) in [5, 5.41) is 16.1. The van der Waals surface area contributed by atoms with E-state index >= 15 is 0 Å². The van der Waals surface area contributed by atoms with Crippen LogP contribution in [0.3, 0.4) is 0 Å². The second-order valence-corrected chi connectivity index (χ2v) is 3.93. The molecule has 1 rings (SSSR count). The van der Waals surface area contributed by atoms with E-state index in [2.05, 4.69) is 10.3 Å². The first-order chi connectivity index (χ1) is 8.00. The maximum absolute atomic E-state index is 11.7. The summed E-state index contributed by atoms with van der Waals surface area (Å²) in [7, 11) is 1.60. The van der Waals surface area contributed by atoms with Crippen LogP contribution in [0.4, 0.5) is 0 Å². The van der Waals surface area contributed by atoms with E-state index in [0.29, 0.717) is 6.54 Å². The van der Waals surface area contributed by atoms with Crippen LogP contribution in [0.15, 0.2) is 12.4 Å². The Balaban J connectivity index is 2.34. The highest BCUT2D eigenvalue weighted by atomic mass is 16.4. The molecule has 7 nitrogen and oxygen atoms in total. The smallest absolute Gasteiger partial charge is 0.308 e. The van der Waals surface area contributed by atoms with E-state index < -0.39 is 11.9 Å². The Kier molecular flexibility index (Phi) is 4.62. The van der Waals surface area contributed by atoms with Crippen molar-refractivity contribution in [3.05, 3.63) is 12.4 Å². The van der Waals surface area contributed by atoms with Crippen LogP contribution in [0.5, 0.6) is 0 Å². The molecule has 0 saturated carbocycles. The number of carbonyl (C=O) groups is 2. The van der Waals surface area contributed by atoms with Crippen LogP contribution < -0.4 is 0 Å². The quantitative estimate of drug-likeness (QED) is 0.746. The van der Waals surface area contributed by atoms with Crippen molar-refractivity contribution in [2.45, 2.75) is 19.9 Å². The Morgan fingerprint density at radius 1 is 1.53 bits per heavy atom. The first kappa shape index (κ1) is 13.1. The second kappa shape index (κ2) is 5.97. The molecule has 1 aromatic heterocycles. The molecule has 1 atom stereocenters. The zero-order valence-electron chi connectivity index (χ0n) is 9.91. The van der Waals surface area contributed by atoms with E-state index in [9.17, 15) is 9.59 Å². The molecule has 1 unspecified atom stereocenters. The molecule has 7 heteroatoms. The van der Waals surface area contributed by atoms with E-state index in [0.717, 1.165) is 0 Å². The van der Waals surface area contributed by atoms with Gasteiger partial charge in [0.1, 0.15) is 0 Å². The van der Waals surface area contributed by atoms with Crippen molar-refractivity contribution in [2.75, 3.05) is 13.6 Å². The summed E-state index contributed by atoms with van der Waals surface area (Å²) >= 11 is 0.